The highest BCUT2D eigenvalue weighted by atomic mass is 79.9. The topological polar surface area (TPSA) is 39.2 Å². The summed E-state index contributed by atoms with van der Waals surface area (Å²) in [5.41, 5.74) is 7.92. The van der Waals surface area contributed by atoms with E-state index in [1.54, 1.807) is 6.07 Å². The van der Waals surface area contributed by atoms with Crippen molar-refractivity contribution in [3.05, 3.63) is 67.8 Å². The minimum Gasteiger partial charge on any atom is -0.457 e. The van der Waals surface area contributed by atoms with Gasteiger partial charge in [-0.1, -0.05) is 55.6 Å². The van der Waals surface area contributed by atoms with Crippen LogP contribution in [0.5, 0.6) is 0 Å². The first-order chi connectivity index (χ1) is 9.54. The predicted octanol–water partition coefficient (Wildman–Crippen LogP) is 5.66. The number of rotatable bonds is 2. The Morgan fingerprint density at radius 2 is 1.75 bits per heavy atom. The van der Waals surface area contributed by atoms with Crippen LogP contribution in [0.15, 0.2) is 55.8 Å². The lowest BCUT2D eigenvalue weighted by atomic mass is 10.1. The van der Waals surface area contributed by atoms with Crippen molar-refractivity contribution in [3.8, 4) is 0 Å². The molecule has 0 amide bonds. The van der Waals surface area contributed by atoms with Crippen LogP contribution in [0.3, 0.4) is 0 Å². The van der Waals surface area contributed by atoms with Crippen LogP contribution in [0.4, 0.5) is 0 Å². The standard InChI is InChI=1S/C15H10Br2ClNO/c16-10-4-9(5-11(17)7-10)14(19)13-6-8-2-1-3-12(18)15(8)20-13/h1-7,14H,19H2. The molecule has 2 N–H and O–H groups in total. The van der Waals surface area contributed by atoms with E-state index in [-0.39, 0.29) is 6.04 Å². The maximum atomic E-state index is 6.29. The molecule has 0 aliphatic rings. The SMILES string of the molecule is NC(c1cc(Br)cc(Br)c1)c1cc2cccc(Cl)c2o1. The second-order valence-electron chi connectivity index (χ2n) is 4.49. The van der Waals surface area contributed by atoms with E-state index in [9.17, 15) is 0 Å². The largest absolute Gasteiger partial charge is 0.457 e. The number of hydrogen-bond donors (Lipinski definition) is 1. The van der Waals surface area contributed by atoms with Gasteiger partial charge in [-0.15, -0.1) is 0 Å². The highest BCUT2D eigenvalue weighted by molar-refractivity contribution is 9.11. The molecule has 20 heavy (non-hydrogen) atoms. The summed E-state index contributed by atoms with van der Waals surface area (Å²) in [5, 5.41) is 1.55. The van der Waals surface area contributed by atoms with Gasteiger partial charge >= 0.3 is 0 Å². The fourth-order valence-corrected chi connectivity index (χ4v) is 3.67. The summed E-state index contributed by atoms with van der Waals surface area (Å²) in [6.07, 6.45) is 0. The minimum atomic E-state index is -0.340. The molecule has 2 nitrogen and oxygen atoms in total. The molecule has 0 saturated carbocycles. The predicted molar refractivity (Wildman–Crippen MR) is 89.1 cm³/mol. The molecule has 0 radical (unpaired) electrons. The Morgan fingerprint density at radius 3 is 2.40 bits per heavy atom. The molecule has 1 heterocycles. The third-order valence-corrected chi connectivity index (χ3v) is 4.28. The molecule has 3 rings (SSSR count). The minimum absolute atomic E-state index is 0.340. The van der Waals surface area contributed by atoms with Gasteiger partial charge in [0.2, 0.25) is 0 Å². The summed E-state index contributed by atoms with van der Waals surface area (Å²) in [5.74, 6) is 0.693. The Labute approximate surface area is 138 Å². The van der Waals surface area contributed by atoms with Crippen molar-refractivity contribution >= 4 is 54.4 Å². The average molecular weight is 416 g/mol. The van der Waals surface area contributed by atoms with Crippen LogP contribution in [0.2, 0.25) is 5.02 Å². The maximum absolute atomic E-state index is 6.29. The first-order valence-corrected chi connectivity index (χ1v) is 7.90. The Hall–Kier alpha value is -0.810. The Bertz CT molecular complexity index is 764. The Morgan fingerprint density at radius 1 is 1.05 bits per heavy atom. The number of nitrogens with two attached hydrogens (primary N) is 1. The Kier molecular flexibility index (Phi) is 3.91. The van der Waals surface area contributed by atoms with Crippen molar-refractivity contribution < 1.29 is 4.42 Å². The zero-order valence-corrected chi connectivity index (χ0v) is 14.2. The second kappa shape index (κ2) is 5.53. The van der Waals surface area contributed by atoms with Crippen LogP contribution < -0.4 is 5.73 Å². The molecular formula is C15H10Br2ClNO. The molecule has 1 aromatic heterocycles. The molecule has 0 saturated heterocycles. The van der Waals surface area contributed by atoms with E-state index in [4.69, 9.17) is 21.8 Å². The summed E-state index contributed by atoms with van der Waals surface area (Å²) in [4.78, 5) is 0. The van der Waals surface area contributed by atoms with Crippen LogP contribution in [-0.4, -0.2) is 0 Å². The van der Waals surface area contributed by atoms with Gasteiger partial charge in [-0.25, -0.2) is 0 Å². The molecule has 0 fully saturated rings. The monoisotopic (exact) mass is 413 g/mol. The van der Waals surface area contributed by atoms with E-state index in [2.05, 4.69) is 31.9 Å². The van der Waals surface area contributed by atoms with Crippen LogP contribution in [0.25, 0.3) is 11.0 Å². The lowest BCUT2D eigenvalue weighted by molar-refractivity contribution is 0.525. The number of benzene rings is 2. The molecule has 0 bridgehead atoms. The van der Waals surface area contributed by atoms with Crippen molar-refractivity contribution in [3.63, 3.8) is 0 Å². The summed E-state index contributed by atoms with van der Waals surface area (Å²) in [7, 11) is 0. The van der Waals surface area contributed by atoms with Crippen molar-refractivity contribution in [2.75, 3.05) is 0 Å². The van der Waals surface area contributed by atoms with E-state index >= 15 is 0 Å². The number of hydrogen-bond acceptors (Lipinski definition) is 2. The fourth-order valence-electron chi connectivity index (χ4n) is 2.12. The van der Waals surface area contributed by atoms with E-state index in [0.29, 0.717) is 16.4 Å². The fraction of sp³-hybridized carbons (Fsp3) is 0.0667. The zero-order chi connectivity index (χ0) is 14.3. The Balaban J connectivity index is 2.07. The number of fused-ring (bicyclic) bond motifs is 1. The molecule has 0 aliphatic carbocycles. The second-order valence-corrected chi connectivity index (χ2v) is 6.73. The number of para-hydroxylation sites is 1. The highest BCUT2D eigenvalue weighted by Gasteiger charge is 2.16. The number of halogens is 3. The van der Waals surface area contributed by atoms with Crippen LogP contribution >= 0.6 is 43.5 Å². The van der Waals surface area contributed by atoms with Crippen molar-refractivity contribution in [2.45, 2.75) is 6.04 Å². The molecule has 2 aromatic carbocycles. The summed E-state index contributed by atoms with van der Waals surface area (Å²) >= 11 is 13.0. The van der Waals surface area contributed by atoms with Crippen molar-refractivity contribution in [1.82, 2.24) is 0 Å². The molecule has 102 valence electrons. The lowest BCUT2D eigenvalue weighted by Gasteiger charge is -2.10. The van der Waals surface area contributed by atoms with Gasteiger partial charge in [-0.2, -0.15) is 0 Å². The molecule has 1 atom stereocenters. The van der Waals surface area contributed by atoms with Gasteiger partial charge in [-0.05, 0) is 35.9 Å². The average Bonchev–Trinajstić information content (AvgIpc) is 2.82. The lowest BCUT2D eigenvalue weighted by Crippen LogP contribution is -2.10. The van der Waals surface area contributed by atoms with Gasteiger partial charge < -0.3 is 10.2 Å². The quantitative estimate of drug-likeness (QED) is 0.587. The van der Waals surface area contributed by atoms with Gasteiger partial charge in [0.1, 0.15) is 5.76 Å². The molecule has 3 aromatic rings. The van der Waals surface area contributed by atoms with Crippen LogP contribution in [0.1, 0.15) is 17.4 Å². The highest BCUT2D eigenvalue weighted by Crippen LogP contribution is 2.32. The van der Waals surface area contributed by atoms with Gasteiger partial charge in [0, 0.05) is 14.3 Å². The van der Waals surface area contributed by atoms with E-state index in [1.165, 1.54) is 0 Å². The third-order valence-electron chi connectivity index (χ3n) is 3.07. The van der Waals surface area contributed by atoms with Gasteiger partial charge in [0.15, 0.2) is 5.58 Å². The van der Waals surface area contributed by atoms with E-state index in [0.717, 1.165) is 19.9 Å². The first-order valence-electron chi connectivity index (χ1n) is 5.94. The normalized spacial score (nSPS) is 12.8. The van der Waals surface area contributed by atoms with Gasteiger partial charge in [-0.3, -0.25) is 0 Å². The van der Waals surface area contributed by atoms with Gasteiger partial charge in [0.25, 0.3) is 0 Å². The first kappa shape index (κ1) is 14.1. The smallest absolute Gasteiger partial charge is 0.152 e. The van der Waals surface area contributed by atoms with E-state index < -0.39 is 0 Å². The summed E-state index contributed by atoms with van der Waals surface area (Å²) in [6.45, 7) is 0. The number of furan rings is 1. The van der Waals surface area contributed by atoms with Crippen molar-refractivity contribution in [2.24, 2.45) is 5.73 Å². The molecular weight excluding hydrogens is 405 g/mol. The van der Waals surface area contributed by atoms with E-state index in [1.807, 2.05) is 36.4 Å². The molecule has 5 heteroatoms. The molecule has 0 spiro atoms. The summed E-state index contributed by atoms with van der Waals surface area (Å²) in [6, 6.07) is 13.2. The summed E-state index contributed by atoms with van der Waals surface area (Å²) < 4.78 is 7.74. The van der Waals surface area contributed by atoms with Crippen LogP contribution in [-0.2, 0) is 0 Å². The molecule has 1 unspecified atom stereocenters. The van der Waals surface area contributed by atoms with Crippen LogP contribution in [0, 0.1) is 0 Å². The zero-order valence-electron chi connectivity index (χ0n) is 10.2. The molecule has 0 aliphatic heterocycles. The van der Waals surface area contributed by atoms with Gasteiger partial charge in [0.05, 0.1) is 11.1 Å². The maximum Gasteiger partial charge on any atom is 0.152 e. The van der Waals surface area contributed by atoms with Crippen molar-refractivity contribution in [1.29, 1.82) is 0 Å². The third kappa shape index (κ3) is 2.66.